The number of likely N-dealkylation sites (tertiary alicyclic amines) is 1. The number of piperidine rings is 1. The molecule has 0 atom stereocenters. The topological polar surface area (TPSA) is 49.6 Å². The lowest BCUT2D eigenvalue weighted by Gasteiger charge is -2.34. The lowest BCUT2D eigenvalue weighted by molar-refractivity contribution is 0.143. The Morgan fingerprint density at radius 3 is 2.25 bits per heavy atom. The zero-order valence-corrected chi connectivity index (χ0v) is 10.9. The van der Waals surface area contributed by atoms with Crippen molar-refractivity contribution < 1.29 is 4.79 Å². The van der Waals surface area contributed by atoms with Crippen molar-refractivity contribution in [3.63, 3.8) is 0 Å². The molecule has 0 radical (unpaired) electrons. The summed E-state index contributed by atoms with van der Waals surface area (Å²) >= 11 is 4.98. The molecule has 0 bridgehead atoms. The van der Waals surface area contributed by atoms with Crippen LogP contribution in [0.2, 0.25) is 0 Å². The zero-order chi connectivity index (χ0) is 12.1. The van der Waals surface area contributed by atoms with E-state index < -0.39 is 0 Å². The van der Waals surface area contributed by atoms with Gasteiger partial charge < -0.3 is 15.5 Å². The van der Waals surface area contributed by atoms with Gasteiger partial charge in [0.25, 0.3) is 0 Å². The van der Waals surface area contributed by atoms with Crippen molar-refractivity contribution in [2.24, 2.45) is 11.7 Å². The number of carbonyl (C=O) groups excluding carboxylic acids is 1. The smallest absolute Gasteiger partial charge is 0.319 e. The first-order chi connectivity index (χ1) is 7.60. The molecule has 2 amide bonds. The molecule has 1 saturated heterocycles. The minimum atomic E-state index is 0.145. The third-order valence-corrected chi connectivity index (χ3v) is 3.54. The standard InChI is InChI=1S/C11H21N3OS/c1-3-13(4-2)11(15)14-7-5-9(6-8-14)10(12)16/h9H,3-8H2,1-2H3,(H2,12,16). The second kappa shape index (κ2) is 6.03. The van der Waals surface area contributed by atoms with Crippen LogP contribution >= 0.6 is 12.2 Å². The molecule has 0 unspecified atom stereocenters. The Kier molecular flexibility index (Phi) is 4.99. The maximum Gasteiger partial charge on any atom is 0.319 e. The molecule has 1 aliphatic rings. The molecule has 4 nitrogen and oxygen atoms in total. The van der Waals surface area contributed by atoms with Crippen LogP contribution in [-0.2, 0) is 0 Å². The SMILES string of the molecule is CCN(CC)C(=O)N1CCC(C(N)=S)CC1. The van der Waals surface area contributed by atoms with Crippen LogP contribution < -0.4 is 5.73 Å². The Morgan fingerprint density at radius 1 is 1.38 bits per heavy atom. The van der Waals surface area contributed by atoms with Gasteiger partial charge in [-0.15, -0.1) is 0 Å². The Bertz CT molecular complexity index is 258. The fourth-order valence-corrected chi connectivity index (χ4v) is 2.29. The number of amides is 2. The zero-order valence-electron chi connectivity index (χ0n) is 10.1. The van der Waals surface area contributed by atoms with Crippen LogP contribution in [-0.4, -0.2) is 47.0 Å². The number of thiocarbonyl (C=S) groups is 1. The predicted molar refractivity (Wildman–Crippen MR) is 69.4 cm³/mol. The van der Waals surface area contributed by atoms with E-state index in [-0.39, 0.29) is 6.03 Å². The van der Waals surface area contributed by atoms with Gasteiger partial charge >= 0.3 is 6.03 Å². The van der Waals surface area contributed by atoms with Crippen LogP contribution in [0.4, 0.5) is 4.79 Å². The summed E-state index contributed by atoms with van der Waals surface area (Å²) in [5, 5.41) is 0. The number of nitrogens with zero attached hydrogens (tertiary/aromatic N) is 2. The summed E-state index contributed by atoms with van der Waals surface area (Å²) in [5.74, 6) is 0.316. The molecule has 2 N–H and O–H groups in total. The Hall–Kier alpha value is -0.840. The molecule has 92 valence electrons. The van der Waals surface area contributed by atoms with Crippen LogP contribution in [0.25, 0.3) is 0 Å². The van der Waals surface area contributed by atoms with Gasteiger partial charge in [0.2, 0.25) is 0 Å². The van der Waals surface area contributed by atoms with E-state index in [4.69, 9.17) is 18.0 Å². The first-order valence-corrected chi connectivity index (χ1v) is 6.34. The number of hydrogen-bond donors (Lipinski definition) is 1. The molecule has 0 aromatic carbocycles. The van der Waals surface area contributed by atoms with Gasteiger partial charge in [-0.05, 0) is 26.7 Å². The van der Waals surface area contributed by atoms with Crippen molar-refractivity contribution in [1.29, 1.82) is 0 Å². The molecule has 0 spiro atoms. The van der Waals surface area contributed by atoms with E-state index in [0.717, 1.165) is 39.0 Å². The second-order valence-electron chi connectivity index (χ2n) is 4.12. The molecule has 1 aliphatic heterocycles. The number of rotatable bonds is 3. The maximum atomic E-state index is 12.0. The summed E-state index contributed by atoms with van der Waals surface area (Å²) in [7, 11) is 0. The second-order valence-corrected chi connectivity index (χ2v) is 4.59. The number of hydrogen-bond acceptors (Lipinski definition) is 2. The van der Waals surface area contributed by atoms with Gasteiger partial charge in [-0.3, -0.25) is 0 Å². The van der Waals surface area contributed by atoms with Crippen molar-refractivity contribution in [2.45, 2.75) is 26.7 Å². The Labute approximate surface area is 103 Å². The van der Waals surface area contributed by atoms with Crippen LogP contribution in [0, 0.1) is 5.92 Å². The molecular weight excluding hydrogens is 222 g/mol. The monoisotopic (exact) mass is 243 g/mol. The summed E-state index contributed by atoms with van der Waals surface area (Å²) in [6.45, 7) is 7.09. The van der Waals surface area contributed by atoms with Gasteiger partial charge in [0.15, 0.2) is 0 Å². The van der Waals surface area contributed by atoms with Crippen molar-refractivity contribution >= 4 is 23.2 Å². The highest BCUT2D eigenvalue weighted by molar-refractivity contribution is 7.80. The van der Waals surface area contributed by atoms with E-state index >= 15 is 0 Å². The lowest BCUT2D eigenvalue weighted by atomic mass is 9.97. The Balaban J connectivity index is 2.47. The van der Waals surface area contributed by atoms with Crippen molar-refractivity contribution in [2.75, 3.05) is 26.2 Å². The summed E-state index contributed by atoms with van der Waals surface area (Å²) in [6.07, 6.45) is 1.81. The predicted octanol–water partition coefficient (Wildman–Crippen LogP) is 1.45. The average Bonchev–Trinajstić information content (AvgIpc) is 2.30. The molecule has 1 heterocycles. The molecule has 5 heteroatoms. The number of urea groups is 1. The Morgan fingerprint density at radius 2 is 1.88 bits per heavy atom. The van der Waals surface area contributed by atoms with E-state index in [2.05, 4.69) is 0 Å². The summed E-state index contributed by atoms with van der Waals surface area (Å²) in [5.41, 5.74) is 5.62. The third-order valence-electron chi connectivity index (χ3n) is 3.20. The number of carbonyl (C=O) groups is 1. The highest BCUT2D eigenvalue weighted by Gasteiger charge is 2.26. The van der Waals surface area contributed by atoms with Gasteiger partial charge in [-0.25, -0.2) is 4.79 Å². The lowest BCUT2D eigenvalue weighted by Crippen LogP contribution is -2.47. The molecule has 0 saturated carbocycles. The summed E-state index contributed by atoms with van der Waals surface area (Å²) in [4.78, 5) is 16.4. The molecule has 0 aromatic heterocycles. The number of nitrogens with two attached hydrogens (primary N) is 1. The molecular formula is C11H21N3OS. The average molecular weight is 243 g/mol. The van der Waals surface area contributed by atoms with Crippen LogP contribution in [0.3, 0.4) is 0 Å². The molecule has 16 heavy (non-hydrogen) atoms. The fraction of sp³-hybridized carbons (Fsp3) is 0.818. The first kappa shape index (κ1) is 13.2. The molecule has 1 rings (SSSR count). The summed E-state index contributed by atoms with van der Waals surface area (Å²) < 4.78 is 0. The van der Waals surface area contributed by atoms with E-state index in [0.29, 0.717) is 10.9 Å². The van der Waals surface area contributed by atoms with Crippen molar-refractivity contribution in [3.8, 4) is 0 Å². The van der Waals surface area contributed by atoms with Gasteiger partial charge in [0.05, 0.1) is 4.99 Å². The largest absolute Gasteiger partial charge is 0.393 e. The molecule has 0 aromatic rings. The van der Waals surface area contributed by atoms with E-state index in [1.165, 1.54) is 0 Å². The fourth-order valence-electron chi connectivity index (χ4n) is 2.05. The minimum absolute atomic E-state index is 0.145. The van der Waals surface area contributed by atoms with Crippen molar-refractivity contribution in [3.05, 3.63) is 0 Å². The maximum absolute atomic E-state index is 12.0. The van der Waals surface area contributed by atoms with Crippen molar-refractivity contribution in [1.82, 2.24) is 9.80 Å². The van der Waals surface area contributed by atoms with Crippen LogP contribution in [0.15, 0.2) is 0 Å². The van der Waals surface area contributed by atoms with E-state index in [9.17, 15) is 4.79 Å². The van der Waals surface area contributed by atoms with Crippen LogP contribution in [0.5, 0.6) is 0 Å². The normalized spacial score (nSPS) is 17.2. The third kappa shape index (κ3) is 3.07. The summed E-state index contributed by atoms with van der Waals surface area (Å²) in [6, 6.07) is 0.145. The molecule has 0 aliphatic carbocycles. The van der Waals surface area contributed by atoms with Gasteiger partial charge in [-0.2, -0.15) is 0 Å². The first-order valence-electron chi connectivity index (χ1n) is 5.93. The van der Waals surface area contributed by atoms with E-state index in [1.54, 1.807) is 0 Å². The van der Waals surface area contributed by atoms with Gasteiger partial charge in [0, 0.05) is 32.1 Å². The van der Waals surface area contributed by atoms with Crippen LogP contribution in [0.1, 0.15) is 26.7 Å². The minimum Gasteiger partial charge on any atom is -0.393 e. The molecule has 1 fully saturated rings. The highest BCUT2D eigenvalue weighted by Crippen LogP contribution is 2.18. The quantitative estimate of drug-likeness (QED) is 0.763. The van der Waals surface area contributed by atoms with E-state index in [1.807, 2.05) is 23.6 Å². The van der Waals surface area contributed by atoms with Gasteiger partial charge in [-0.1, -0.05) is 12.2 Å². The van der Waals surface area contributed by atoms with Gasteiger partial charge in [0.1, 0.15) is 0 Å². The highest BCUT2D eigenvalue weighted by atomic mass is 32.1.